The molecule has 1 aliphatic heterocycles. The number of rotatable bonds is 4. The number of thiazole rings is 1. The lowest BCUT2D eigenvalue weighted by atomic mass is 10.2. The van der Waals surface area contributed by atoms with Gasteiger partial charge in [0.05, 0.1) is 15.2 Å². The number of aliphatic hydroxyl groups excluding tert-OH is 1. The Hall–Kier alpha value is -1.21. The minimum Gasteiger partial charge on any atom is -0.472 e. The van der Waals surface area contributed by atoms with E-state index in [1.54, 1.807) is 18.3 Å². The molecular formula is C16H23N3O2S. The van der Waals surface area contributed by atoms with Crippen LogP contribution in [0.3, 0.4) is 0 Å². The molecule has 0 spiro atoms. The van der Waals surface area contributed by atoms with E-state index in [1.165, 1.54) is 0 Å². The first-order valence-corrected chi connectivity index (χ1v) is 8.54. The molecule has 1 fully saturated rings. The second kappa shape index (κ2) is 6.50. The molecule has 5 nitrogen and oxygen atoms in total. The molecule has 2 N–H and O–H groups in total. The summed E-state index contributed by atoms with van der Waals surface area (Å²) in [5, 5.41) is 14.6. The highest BCUT2D eigenvalue weighted by Gasteiger charge is 2.30. The van der Waals surface area contributed by atoms with E-state index in [1.807, 2.05) is 25.1 Å². The molecule has 0 aliphatic carbocycles. The number of benzene rings is 1. The molecule has 0 radical (unpaired) electrons. The predicted octanol–water partition coefficient (Wildman–Crippen LogP) is 1.98. The molecule has 1 saturated heterocycles. The van der Waals surface area contributed by atoms with Crippen molar-refractivity contribution in [3.05, 3.63) is 23.2 Å². The number of ether oxygens (including phenoxy) is 1. The molecule has 2 aromatic rings. The monoisotopic (exact) mass is 321 g/mol. The summed E-state index contributed by atoms with van der Waals surface area (Å²) in [6.45, 7) is 8.64. The first-order chi connectivity index (χ1) is 10.5. The number of hydrogen-bond donors (Lipinski definition) is 2. The third kappa shape index (κ3) is 3.25. The maximum atomic E-state index is 10.2. The molecule has 1 aromatic heterocycles. The van der Waals surface area contributed by atoms with Crippen molar-refractivity contribution in [3.63, 3.8) is 0 Å². The quantitative estimate of drug-likeness (QED) is 0.902. The van der Waals surface area contributed by atoms with Crippen molar-refractivity contribution in [1.82, 2.24) is 15.2 Å². The Morgan fingerprint density at radius 3 is 3.05 bits per heavy atom. The topological polar surface area (TPSA) is 57.6 Å². The first kappa shape index (κ1) is 15.7. The van der Waals surface area contributed by atoms with Gasteiger partial charge in [-0.3, -0.25) is 4.90 Å². The fraction of sp³-hybridized carbons (Fsp3) is 0.562. The molecule has 1 aromatic carbocycles. The van der Waals surface area contributed by atoms with Crippen molar-refractivity contribution in [2.24, 2.45) is 0 Å². The van der Waals surface area contributed by atoms with Crippen LogP contribution in [0.15, 0.2) is 18.2 Å². The summed E-state index contributed by atoms with van der Waals surface area (Å²) >= 11 is 1.68. The molecule has 0 bridgehead atoms. The smallest absolute Gasteiger partial charge is 0.178 e. The van der Waals surface area contributed by atoms with Crippen LogP contribution in [0.5, 0.6) is 5.75 Å². The third-order valence-electron chi connectivity index (χ3n) is 4.02. The van der Waals surface area contributed by atoms with E-state index < -0.39 is 6.10 Å². The Morgan fingerprint density at radius 2 is 2.32 bits per heavy atom. The van der Waals surface area contributed by atoms with Crippen LogP contribution in [0, 0.1) is 6.92 Å². The number of aryl methyl sites for hydroxylation is 1. The van der Waals surface area contributed by atoms with Gasteiger partial charge in [0.1, 0.15) is 11.9 Å². The van der Waals surface area contributed by atoms with Crippen LogP contribution in [0.25, 0.3) is 10.2 Å². The first-order valence-electron chi connectivity index (χ1n) is 7.73. The fourth-order valence-corrected chi connectivity index (χ4v) is 3.72. The number of fused-ring (bicyclic) bond motifs is 1. The van der Waals surface area contributed by atoms with Gasteiger partial charge in [-0.1, -0.05) is 0 Å². The summed E-state index contributed by atoms with van der Waals surface area (Å²) in [5.74, 6) is 0.759. The zero-order valence-corrected chi connectivity index (χ0v) is 14.1. The summed E-state index contributed by atoms with van der Waals surface area (Å²) in [5.41, 5.74) is 0.956. The molecule has 0 amide bonds. The van der Waals surface area contributed by atoms with Crippen molar-refractivity contribution in [2.75, 3.05) is 19.6 Å². The lowest BCUT2D eigenvalue weighted by Gasteiger charge is -2.40. The second-order valence-electron chi connectivity index (χ2n) is 5.90. The van der Waals surface area contributed by atoms with Gasteiger partial charge in [0, 0.05) is 31.7 Å². The Morgan fingerprint density at radius 1 is 1.50 bits per heavy atom. The van der Waals surface area contributed by atoms with Crippen molar-refractivity contribution in [1.29, 1.82) is 0 Å². The average Bonchev–Trinajstić information content (AvgIpc) is 2.84. The van der Waals surface area contributed by atoms with Gasteiger partial charge in [-0.05, 0) is 32.9 Å². The van der Waals surface area contributed by atoms with Crippen molar-refractivity contribution >= 4 is 21.6 Å². The van der Waals surface area contributed by atoms with Crippen LogP contribution >= 0.6 is 11.3 Å². The Balaban J connectivity index is 1.82. The van der Waals surface area contributed by atoms with Crippen LogP contribution in [0.1, 0.15) is 18.9 Å². The molecule has 1 aliphatic rings. The molecule has 6 heteroatoms. The molecule has 22 heavy (non-hydrogen) atoms. The van der Waals surface area contributed by atoms with Crippen LogP contribution in [-0.2, 0) is 0 Å². The highest BCUT2D eigenvalue weighted by Crippen LogP contribution is 2.27. The van der Waals surface area contributed by atoms with Crippen LogP contribution in [0.4, 0.5) is 0 Å². The van der Waals surface area contributed by atoms with Gasteiger partial charge in [0.15, 0.2) is 6.23 Å². The van der Waals surface area contributed by atoms with Crippen molar-refractivity contribution in [3.8, 4) is 5.75 Å². The highest BCUT2D eigenvalue weighted by molar-refractivity contribution is 7.18. The second-order valence-corrected chi connectivity index (χ2v) is 7.14. The van der Waals surface area contributed by atoms with E-state index in [-0.39, 0.29) is 6.23 Å². The van der Waals surface area contributed by atoms with Crippen LogP contribution < -0.4 is 10.1 Å². The summed E-state index contributed by atoms with van der Waals surface area (Å²) in [4.78, 5) is 6.73. The van der Waals surface area contributed by atoms with Gasteiger partial charge in [-0.2, -0.15) is 0 Å². The maximum absolute atomic E-state index is 10.2. The van der Waals surface area contributed by atoms with Gasteiger partial charge < -0.3 is 15.2 Å². The van der Waals surface area contributed by atoms with E-state index >= 15 is 0 Å². The number of aromatic nitrogens is 1. The van der Waals surface area contributed by atoms with Gasteiger partial charge >= 0.3 is 0 Å². The lowest BCUT2D eigenvalue weighted by Crippen LogP contribution is -2.58. The SMILES string of the molecule is Cc1nc2cc(OC([C@@H](C)O)N3CCNC[C@H]3C)ccc2s1. The molecule has 2 heterocycles. The average molecular weight is 321 g/mol. The minimum absolute atomic E-state index is 0.332. The van der Waals surface area contributed by atoms with Gasteiger partial charge in [-0.25, -0.2) is 4.98 Å². The summed E-state index contributed by atoms with van der Waals surface area (Å²) in [6, 6.07) is 6.29. The van der Waals surface area contributed by atoms with Gasteiger partial charge in [0.2, 0.25) is 0 Å². The molecule has 0 saturated carbocycles. The largest absolute Gasteiger partial charge is 0.472 e. The van der Waals surface area contributed by atoms with Crippen LogP contribution in [-0.4, -0.2) is 53.0 Å². The van der Waals surface area contributed by atoms with Crippen LogP contribution in [0.2, 0.25) is 0 Å². The maximum Gasteiger partial charge on any atom is 0.178 e. The van der Waals surface area contributed by atoms with E-state index in [4.69, 9.17) is 4.74 Å². The summed E-state index contributed by atoms with van der Waals surface area (Å²) in [6.07, 6.45) is -0.900. The number of piperazine rings is 1. The Kier molecular flexibility index (Phi) is 4.63. The minimum atomic E-state index is -0.562. The zero-order chi connectivity index (χ0) is 15.7. The zero-order valence-electron chi connectivity index (χ0n) is 13.2. The third-order valence-corrected chi connectivity index (χ3v) is 4.97. The molecule has 3 rings (SSSR count). The predicted molar refractivity (Wildman–Crippen MR) is 89.5 cm³/mol. The van der Waals surface area contributed by atoms with Gasteiger partial charge in [-0.15, -0.1) is 11.3 Å². The fourth-order valence-electron chi connectivity index (χ4n) is 2.91. The molecule has 120 valence electrons. The number of nitrogens with zero attached hydrogens (tertiary/aromatic N) is 2. The highest BCUT2D eigenvalue weighted by atomic mass is 32.1. The van der Waals surface area contributed by atoms with E-state index in [2.05, 4.69) is 22.1 Å². The number of nitrogens with one attached hydrogen (secondary N) is 1. The summed E-state index contributed by atoms with van der Waals surface area (Å²) in [7, 11) is 0. The van der Waals surface area contributed by atoms with Crippen molar-refractivity contribution < 1.29 is 9.84 Å². The molecular weight excluding hydrogens is 298 g/mol. The number of aliphatic hydroxyl groups is 1. The molecule has 1 unspecified atom stereocenters. The van der Waals surface area contributed by atoms with E-state index in [9.17, 15) is 5.11 Å². The van der Waals surface area contributed by atoms with E-state index in [0.29, 0.717) is 6.04 Å². The molecule has 3 atom stereocenters. The van der Waals surface area contributed by atoms with Gasteiger partial charge in [0.25, 0.3) is 0 Å². The lowest BCUT2D eigenvalue weighted by molar-refractivity contribution is -0.0803. The van der Waals surface area contributed by atoms with E-state index in [0.717, 1.165) is 40.6 Å². The number of hydrogen-bond acceptors (Lipinski definition) is 6. The Bertz CT molecular complexity index is 643. The normalized spacial score (nSPS) is 22.6. The Labute approximate surface area is 134 Å². The standard InChI is InChI=1S/C16H23N3O2S/c1-10-9-17-6-7-19(10)16(11(2)20)21-13-4-5-15-14(8-13)18-12(3)22-15/h4-5,8,10-11,16-17,20H,6-7,9H2,1-3H3/t10-,11-,16?/m1/s1. The summed E-state index contributed by atoms with van der Waals surface area (Å²) < 4.78 is 7.28. The van der Waals surface area contributed by atoms with Crippen molar-refractivity contribution in [2.45, 2.75) is 39.1 Å².